The molecule has 3 heterocycles. The van der Waals surface area contributed by atoms with Gasteiger partial charge in [0.25, 0.3) is 0 Å². The van der Waals surface area contributed by atoms with E-state index in [2.05, 4.69) is 58.0 Å². The molecule has 2 aliphatic rings. The molecule has 2 aromatic carbocycles. The van der Waals surface area contributed by atoms with Crippen molar-refractivity contribution in [1.82, 2.24) is 4.57 Å². The summed E-state index contributed by atoms with van der Waals surface area (Å²) in [5.41, 5.74) is 3.61. The number of rotatable bonds is 3. The van der Waals surface area contributed by atoms with Gasteiger partial charge in [-0.05, 0) is 31.0 Å². The van der Waals surface area contributed by atoms with Crippen molar-refractivity contribution in [2.75, 3.05) is 6.61 Å². The van der Waals surface area contributed by atoms with Crippen molar-refractivity contribution in [2.24, 2.45) is 0 Å². The maximum atomic E-state index is 6.19. The van der Waals surface area contributed by atoms with Gasteiger partial charge in [-0.15, -0.1) is 0 Å². The van der Waals surface area contributed by atoms with Crippen LogP contribution in [0, 0.1) is 0 Å². The van der Waals surface area contributed by atoms with E-state index in [-0.39, 0.29) is 6.29 Å². The van der Waals surface area contributed by atoms with Gasteiger partial charge < -0.3 is 9.47 Å². The van der Waals surface area contributed by atoms with Crippen LogP contribution < -0.4 is 4.74 Å². The monoisotopic (exact) mass is 333 g/mol. The Hall–Kier alpha value is -2.59. The highest BCUT2D eigenvalue weighted by molar-refractivity contribution is 5.97. The average molecular weight is 333 g/mol. The van der Waals surface area contributed by atoms with Gasteiger partial charge in [0.1, 0.15) is 0 Å². The van der Waals surface area contributed by atoms with Crippen molar-refractivity contribution < 1.29 is 14.0 Å². The van der Waals surface area contributed by atoms with Crippen LogP contribution in [0.1, 0.15) is 24.8 Å². The van der Waals surface area contributed by atoms with E-state index in [1.165, 1.54) is 16.5 Å². The Morgan fingerprint density at radius 1 is 1.04 bits per heavy atom. The molecule has 5 rings (SSSR count). The van der Waals surface area contributed by atoms with Gasteiger partial charge in [0, 0.05) is 24.1 Å². The molecule has 2 aliphatic heterocycles. The lowest BCUT2D eigenvalue weighted by Gasteiger charge is -2.24. The van der Waals surface area contributed by atoms with Crippen LogP contribution in [0.25, 0.3) is 10.9 Å². The molecule has 0 saturated carbocycles. The van der Waals surface area contributed by atoms with Gasteiger partial charge in [0.15, 0.2) is 18.3 Å². The Kier molecular flexibility index (Phi) is 3.56. The Labute approximate surface area is 146 Å². The summed E-state index contributed by atoms with van der Waals surface area (Å²) in [5.74, 6) is 0.883. The second-order valence-electron chi connectivity index (χ2n) is 6.69. The largest absolute Gasteiger partial charge is 0.458 e. The molecule has 0 bridgehead atoms. The molecule has 1 aromatic heterocycles. The lowest BCUT2D eigenvalue weighted by molar-refractivity contribution is -0.472. The summed E-state index contributed by atoms with van der Waals surface area (Å²) in [7, 11) is 0. The van der Waals surface area contributed by atoms with Crippen molar-refractivity contribution in [3.8, 4) is 5.75 Å². The van der Waals surface area contributed by atoms with Crippen LogP contribution in [0.3, 0.4) is 0 Å². The third kappa shape index (κ3) is 2.63. The van der Waals surface area contributed by atoms with E-state index in [1.54, 1.807) is 0 Å². The van der Waals surface area contributed by atoms with Gasteiger partial charge in [-0.3, -0.25) is 4.57 Å². The van der Waals surface area contributed by atoms with Crippen molar-refractivity contribution in [1.29, 1.82) is 0 Å². The second kappa shape index (κ2) is 6.05. The molecule has 3 aromatic rings. The van der Waals surface area contributed by atoms with E-state index < -0.39 is 0 Å². The number of hydrogen-bond acceptors (Lipinski definition) is 2. The molecule has 25 heavy (non-hydrogen) atoms. The first-order valence-electron chi connectivity index (χ1n) is 8.95. The second-order valence-corrected chi connectivity index (χ2v) is 6.69. The molecule has 4 nitrogen and oxygen atoms in total. The quantitative estimate of drug-likeness (QED) is 0.669. The number of hydrogen-bond donors (Lipinski definition) is 0. The first-order valence-corrected chi connectivity index (χ1v) is 8.95. The van der Waals surface area contributed by atoms with E-state index in [0.29, 0.717) is 0 Å². The van der Waals surface area contributed by atoms with E-state index in [9.17, 15) is 0 Å². The molecule has 1 fully saturated rings. The van der Waals surface area contributed by atoms with Crippen molar-refractivity contribution >= 4 is 22.8 Å². The van der Waals surface area contributed by atoms with E-state index in [4.69, 9.17) is 9.47 Å². The van der Waals surface area contributed by atoms with E-state index in [1.807, 2.05) is 12.1 Å². The number of para-hydroxylation sites is 3. The lowest BCUT2D eigenvalue weighted by atomic mass is 10.1. The molecule has 1 atom stereocenters. The summed E-state index contributed by atoms with van der Waals surface area (Å²) in [4.78, 5) is 0. The highest BCUT2D eigenvalue weighted by atomic mass is 16.7. The molecule has 0 spiro atoms. The minimum Gasteiger partial charge on any atom is -0.458 e. The molecule has 0 N–H and O–H groups in total. The van der Waals surface area contributed by atoms with E-state index >= 15 is 0 Å². The summed E-state index contributed by atoms with van der Waals surface area (Å²) in [6.07, 6.45) is 7.48. The molecule has 0 aliphatic carbocycles. The Morgan fingerprint density at radius 2 is 2.00 bits per heavy atom. The van der Waals surface area contributed by atoms with Crippen molar-refractivity contribution in [2.45, 2.75) is 32.2 Å². The third-order valence-corrected chi connectivity index (χ3v) is 4.99. The Bertz CT molecular complexity index is 951. The number of ether oxygens (including phenoxy) is 2. The SMILES string of the molecule is C1=[N+](c2ccccc2OC2CCCCO2)Cn2ccc3cccc1c32. The van der Waals surface area contributed by atoms with Gasteiger partial charge in [-0.2, -0.15) is 4.58 Å². The van der Waals surface area contributed by atoms with Gasteiger partial charge in [0.2, 0.25) is 12.4 Å². The fourth-order valence-corrected chi connectivity index (χ4v) is 3.77. The summed E-state index contributed by atoms with van der Waals surface area (Å²) >= 11 is 0. The van der Waals surface area contributed by atoms with Crippen LogP contribution in [-0.2, 0) is 11.4 Å². The van der Waals surface area contributed by atoms with Crippen LogP contribution in [-0.4, -0.2) is 28.3 Å². The normalized spacial score (nSPS) is 19.7. The Balaban J connectivity index is 1.52. The predicted octanol–water partition coefficient (Wildman–Crippen LogP) is 4.28. The number of nitrogens with zero attached hydrogens (tertiary/aromatic N) is 2. The maximum Gasteiger partial charge on any atom is 0.249 e. The van der Waals surface area contributed by atoms with Gasteiger partial charge in [-0.1, -0.05) is 24.3 Å². The minimum atomic E-state index is -0.134. The Morgan fingerprint density at radius 3 is 2.92 bits per heavy atom. The lowest BCUT2D eigenvalue weighted by Crippen LogP contribution is -2.26. The highest BCUT2D eigenvalue weighted by Crippen LogP contribution is 2.32. The summed E-state index contributed by atoms with van der Waals surface area (Å²) < 4.78 is 16.5. The van der Waals surface area contributed by atoms with Gasteiger partial charge in [0.05, 0.1) is 17.7 Å². The fraction of sp³-hybridized carbons (Fsp3) is 0.286. The van der Waals surface area contributed by atoms with Gasteiger partial charge >= 0.3 is 0 Å². The van der Waals surface area contributed by atoms with Crippen LogP contribution in [0.4, 0.5) is 5.69 Å². The summed E-state index contributed by atoms with van der Waals surface area (Å²) in [6.45, 7) is 1.57. The minimum absolute atomic E-state index is 0.134. The van der Waals surface area contributed by atoms with Gasteiger partial charge in [-0.25, -0.2) is 0 Å². The topological polar surface area (TPSA) is 26.4 Å². The zero-order valence-electron chi connectivity index (χ0n) is 14.1. The average Bonchev–Trinajstić information content (AvgIpc) is 3.08. The fourth-order valence-electron chi connectivity index (χ4n) is 3.77. The third-order valence-electron chi connectivity index (χ3n) is 4.99. The number of aromatic nitrogens is 1. The standard InChI is InChI=1S/C21H21N2O2/c1-2-9-19(25-20-10-3-4-13-24-20)18(8-1)23-14-17-7-5-6-16-11-12-22(15-23)21(16)17/h1-2,5-9,11-12,14,20H,3-4,10,13,15H2/q+1. The maximum absolute atomic E-state index is 6.19. The molecule has 0 amide bonds. The van der Waals surface area contributed by atoms with Crippen LogP contribution in [0.15, 0.2) is 54.7 Å². The number of benzene rings is 2. The van der Waals surface area contributed by atoms with Crippen LogP contribution >= 0.6 is 0 Å². The molecule has 4 heteroatoms. The zero-order chi connectivity index (χ0) is 16.6. The summed E-state index contributed by atoms with van der Waals surface area (Å²) in [6, 6.07) is 16.8. The van der Waals surface area contributed by atoms with Crippen LogP contribution in [0.5, 0.6) is 5.75 Å². The van der Waals surface area contributed by atoms with Crippen LogP contribution in [0.2, 0.25) is 0 Å². The first kappa shape index (κ1) is 14.7. The molecular weight excluding hydrogens is 312 g/mol. The smallest absolute Gasteiger partial charge is 0.249 e. The zero-order valence-corrected chi connectivity index (χ0v) is 14.1. The van der Waals surface area contributed by atoms with E-state index in [0.717, 1.165) is 44.0 Å². The molecule has 1 unspecified atom stereocenters. The molecule has 1 saturated heterocycles. The molecular formula is C21H21N2O2+. The van der Waals surface area contributed by atoms with Crippen molar-refractivity contribution in [3.05, 3.63) is 60.3 Å². The predicted molar refractivity (Wildman–Crippen MR) is 97.7 cm³/mol. The molecule has 0 radical (unpaired) electrons. The molecule has 126 valence electrons. The highest BCUT2D eigenvalue weighted by Gasteiger charge is 2.25. The first-order chi connectivity index (χ1) is 12.4. The van der Waals surface area contributed by atoms with Crippen molar-refractivity contribution in [3.63, 3.8) is 0 Å². The summed E-state index contributed by atoms with van der Waals surface area (Å²) in [5, 5.41) is 1.29.